The maximum Gasteiger partial charge on any atom is 0.388 e. The largest absolute Gasteiger partial charge is 0.415 e. The number of nitrogens with zero attached hydrogens (tertiary/aromatic N) is 3. The lowest BCUT2D eigenvalue weighted by atomic mass is 9.76. The molecule has 3 aliphatic rings. The minimum Gasteiger partial charge on any atom is -0.415 e. The molecule has 0 radical (unpaired) electrons. The molecule has 2 fully saturated rings. The third-order valence-electron chi connectivity index (χ3n) is 7.67. The molecule has 0 bridgehead atoms. The summed E-state index contributed by atoms with van der Waals surface area (Å²) in [5.41, 5.74) is 0.843. The molecule has 4 heterocycles. The van der Waals surface area contributed by atoms with Crippen molar-refractivity contribution < 1.29 is 27.8 Å². The molecule has 2 amide bonds. The maximum absolute atomic E-state index is 13.5. The molecule has 2 aliphatic heterocycles. The molecule has 1 saturated heterocycles. The zero-order chi connectivity index (χ0) is 26.0. The van der Waals surface area contributed by atoms with Crippen molar-refractivity contribution in [1.29, 1.82) is 0 Å². The van der Waals surface area contributed by atoms with Crippen molar-refractivity contribution in [2.24, 2.45) is 11.8 Å². The Bertz CT molecular complexity index is 1130. The summed E-state index contributed by atoms with van der Waals surface area (Å²) in [6, 6.07) is 3.77. The summed E-state index contributed by atoms with van der Waals surface area (Å²) < 4.78 is 34.6. The van der Waals surface area contributed by atoms with Gasteiger partial charge in [0.25, 0.3) is 0 Å². The SMILES string of the molecule is CC1CCC([C@H](Nc2ccc(OC(F)F)nn2)C(=O)Nc2cc3c(cn2)C2(CCOCC2)C(=O)N3)CC1. The fraction of sp³-hybridized carbons (Fsp3) is 0.560. The second kappa shape index (κ2) is 10.5. The van der Waals surface area contributed by atoms with Crippen LogP contribution < -0.4 is 20.7 Å². The van der Waals surface area contributed by atoms with Gasteiger partial charge in [0.05, 0.1) is 11.1 Å². The second-order valence-corrected chi connectivity index (χ2v) is 10.0. The average Bonchev–Trinajstić information content (AvgIpc) is 3.14. The predicted octanol–water partition coefficient (Wildman–Crippen LogP) is 3.72. The highest BCUT2D eigenvalue weighted by molar-refractivity contribution is 6.07. The van der Waals surface area contributed by atoms with Crippen molar-refractivity contribution in [3.63, 3.8) is 0 Å². The molecule has 3 N–H and O–H groups in total. The van der Waals surface area contributed by atoms with Gasteiger partial charge in [0.15, 0.2) is 0 Å². The van der Waals surface area contributed by atoms with Gasteiger partial charge in [-0.1, -0.05) is 19.8 Å². The van der Waals surface area contributed by atoms with E-state index >= 15 is 0 Å². The Balaban J connectivity index is 1.33. The first kappa shape index (κ1) is 25.2. The number of rotatable bonds is 7. The fourth-order valence-electron chi connectivity index (χ4n) is 5.52. The summed E-state index contributed by atoms with van der Waals surface area (Å²) in [7, 11) is 0. The van der Waals surface area contributed by atoms with Gasteiger partial charge in [-0.15, -0.1) is 10.2 Å². The van der Waals surface area contributed by atoms with Gasteiger partial charge in [0.2, 0.25) is 17.7 Å². The molecule has 10 nitrogen and oxygen atoms in total. The number of carbonyl (C=O) groups is 2. The number of carbonyl (C=O) groups excluding carboxylic acids is 2. The topological polar surface area (TPSA) is 127 Å². The first-order valence-electron chi connectivity index (χ1n) is 12.6. The lowest BCUT2D eigenvalue weighted by Gasteiger charge is -2.32. The molecule has 2 aromatic heterocycles. The van der Waals surface area contributed by atoms with Gasteiger partial charge < -0.3 is 25.4 Å². The zero-order valence-corrected chi connectivity index (χ0v) is 20.5. The van der Waals surface area contributed by atoms with Crippen molar-refractivity contribution in [2.75, 3.05) is 29.2 Å². The van der Waals surface area contributed by atoms with Crippen LogP contribution >= 0.6 is 0 Å². The maximum atomic E-state index is 13.5. The molecule has 1 saturated carbocycles. The molecule has 0 aromatic carbocycles. The molecule has 1 aliphatic carbocycles. The first-order chi connectivity index (χ1) is 17.8. The number of anilines is 3. The number of aromatic nitrogens is 3. The number of ether oxygens (including phenoxy) is 2. The van der Waals surface area contributed by atoms with Crippen LogP contribution in [0.3, 0.4) is 0 Å². The van der Waals surface area contributed by atoms with E-state index in [1.807, 2.05) is 0 Å². The smallest absolute Gasteiger partial charge is 0.388 e. The van der Waals surface area contributed by atoms with Crippen LogP contribution in [0.2, 0.25) is 0 Å². The molecule has 37 heavy (non-hydrogen) atoms. The van der Waals surface area contributed by atoms with Gasteiger partial charge in [0, 0.05) is 37.1 Å². The summed E-state index contributed by atoms with van der Waals surface area (Å²) in [4.78, 5) is 30.7. The number of fused-ring (bicyclic) bond motifs is 2. The van der Waals surface area contributed by atoms with E-state index in [0.29, 0.717) is 43.5 Å². The molecule has 0 unspecified atom stereocenters. The summed E-state index contributed by atoms with van der Waals surface area (Å²) in [5.74, 6) is 0.558. The van der Waals surface area contributed by atoms with Crippen molar-refractivity contribution in [3.05, 3.63) is 30.0 Å². The van der Waals surface area contributed by atoms with E-state index in [0.717, 1.165) is 31.2 Å². The minimum absolute atomic E-state index is 0.0367. The molecular weight excluding hydrogens is 486 g/mol. The van der Waals surface area contributed by atoms with Gasteiger partial charge in [0.1, 0.15) is 17.7 Å². The highest BCUT2D eigenvalue weighted by Crippen LogP contribution is 2.44. The molecule has 5 rings (SSSR count). The third-order valence-corrected chi connectivity index (χ3v) is 7.67. The Kier molecular flexibility index (Phi) is 7.18. The monoisotopic (exact) mass is 516 g/mol. The van der Waals surface area contributed by atoms with Crippen LogP contribution in [0.5, 0.6) is 5.88 Å². The van der Waals surface area contributed by atoms with E-state index in [2.05, 4.69) is 42.8 Å². The molecule has 12 heteroatoms. The number of hydrogen-bond donors (Lipinski definition) is 3. The van der Waals surface area contributed by atoms with E-state index in [-0.39, 0.29) is 29.4 Å². The lowest BCUT2D eigenvalue weighted by Crippen LogP contribution is -2.42. The molecular formula is C25H30F2N6O4. The van der Waals surface area contributed by atoms with Crippen LogP contribution in [0.25, 0.3) is 0 Å². The fourth-order valence-corrected chi connectivity index (χ4v) is 5.52. The van der Waals surface area contributed by atoms with Gasteiger partial charge >= 0.3 is 6.61 Å². The van der Waals surface area contributed by atoms with Crippen LogP contribution in [-0.2, 0) is 19.7 Å². The number of alkyl halides is 2. The third kappa shape index (κ3) is 5.34. The Hall–Kier alpha value is -3.41. The first-order valence-corrected chi connectivity index (χ1v) is 12.6. The van der Waals surface area contributed by atoms with Crippen molar-refractivity contribution in [1.82, 2.24) is 15.2 Å². The molecule has 1 atom stereocenters. The van der Waals surface area contributed by atoms with Crippen LogP contribution in [0.15, 0.2) is 24.4 Å². The molecule has 198 valence electrons. The van der Waals surface area contributed by atoms with Crippen molar-refractivity contribution >= 4 is 29.1 Å². The normalized spacial score (nSPS) is 23.3. The minimum atomic E-state index is -3.00. The van der Waals surface area contributed by atoms with Crippen molar-refractivity contribution in [3.8, 4) is 5.88 Å². The number of amides is 2. The van der Waals surface area contributed by atoms with Gasteiger partial charge in [-0.2, -0.15) is 8.78 Å². The van der Waals surface area contributed by atoms with E-state index in [4.69, 9.17) is 4.74 Å². The highest BCUT2D eigenvalue weighted by atomic mass is 19.3. The highest BCUT2D eigenvalue weighted by Gasteiger charge is 2.48. The average molecular weight is 517 g/mol. The Labute approximate surface area is 212 Å². The van der Waals surface area contributed by atoms with Gasteiger partial charge in [-0.3, -0.25) is 9.59 Å². The number of pyridine rings is 1. The van der Waals surface area contributed by atoms with Gasteiger partial charge in [-0.05, 0) is 43.6 Å². The van der Waals surface area contributed by atoms with E-state index in [1.54, 1.807) is 12.3 Å². The Morgan fingerprint density at radius 2 is 1.92 bits per heavy atom. The van der Waals surface area contributed by atoms with Crippen LogP contribution in [0.1, 0.15) is 51.0 Å². The van der Waals surface area contributed by atoms with E-state index in [1.165, 1.54) is 12.1 Å². The summed E-state index contributed by atoms with van der Waals surface area (Å²) in [6.07, 6.45) is 6.54. The summed E-state index contributed by atoms with van der Waals surface area (Å²) in [6.45, 7) is 0.218. The summed E-state index contributed by atoms with van der Waals surface area (Å²) in [5, 5.41) is 16.5. The number of halogens is 2. The van der Waals surface area contributed by atoms with Crippen LogP contribution in [0, 0.1) is 11.8 Å². The van der Waals surface area contributed by atoms with Crippen LogP contribution in [-0.4, -0.2) is 52.9 Å². The number of nitrogens with one attached hydrogen (secondary N) is 3. The van der Waals surface area contributed by atoms with Crippen molar-refractivity contribution in [2.45, 2.75) is 63.5 Å². The Morgan fingerprint density at radius 1 is 1.16 bits per heavy atom. The van der Waals surface area contributed by atoms with Crippen LogP contribution in [0.4, 0.5) is 26.1 Å². The Morgan fingerprint density at radius 3 is 2.59 bits per heavy atom. The van der Waals surface area contributed by atoms with E-state index in [9.17, 15) is 18.4 Å². The predicted molar refractivity (Wildman–Crippen MR) is 130 cm³/mol. The number of hydrogen-bond acceptors (Lipinski definition) is 8. The molecule has 2 aromatic rings. The lowest BCUT2D eigenvalue weighted by molar-refractivity contribution is -0.124. The molecule has 1 spiro atoms. The summed E-state index contributed by atoms with van der Waals surface area (Å²) >= 11 is 0. The zero-order valence-electron chi connectivity index (χ0n) is 20.5. The second-order valence-electron chi connectivity index (χ2n) is 10.0. The van der Waals surface area contributed by atoms with Gasteiger partial charge in [-0.25, -0.2) is 4.98 Å². The standard InChI is InChI=1S/C25H30F2N6O4/c1-14-2-4-15(5-3-14)21(30-18-6-7-20(33-32-18)37-24(26)27)22(34)31-19-12-17-16(13-28-19)25(23(35)29-17)8-10-36-11-9-25/h6-7,12-15,21,24H,2-5,8-11H2,1H3,(H,29,35)(H,30,32)(H,28,31,34)/t14?,15?,21-/m0/s1. The van der Waals surface area contributed by atoms with E-state index < -0.39 is 18.1 Å². The quantitative estimate of drug-likeness (QED) is 0.508.